The average Bonchev–Trinajstić information content (AvgIpc) is 2.74. The summed E-state index contributed by atoms with van der Waals surface area (Å²) in [6.45, 7) is 5.15. The van der Waals surface area contributed by atoms with Gasteiger partial charge in [-0.05, 0) is 48.8 Å². The summed E-state index contributed by atoms with van der Waals surface area (Å²) in [4.78, 5) is 9.42. The fraction of sp³-hybridized carbons (Fsp3) is 0.500. The number of amidine groups is 1. The Kier molecular flexibility index (Phi) is 5.74. The van der Waals surface area contributed by atoms with Gasteiger partial charge in [-0.15, -0.1) is 0 Å². The van der Waals surface area contributed by atoms with Crippen molar-refractivity contribution in [2.75, 3.05) is 6.54 Å². The minimum absolute atomic E-state index is 0.0397. The zero-order chi connectivity index (χ0) is 19.5. The van der Waals surface area contributed by atoms with Gasteiger partial charge in [0.2, 0.25) is 0 Å². The van der Waals surface area contributed by atoms with Crippen molar-refractivity contribution in [1.82, 2.24) is 5.32 Å². The smallest absolute Gasteiger partial charge is 0.130 e. The van der Waals surface area contributed by atoms with Gasteiger partial charge in [0.05, 0.1) is 17.7 Å². The van der Waals surface area contributed by atoms with Gasteiger partial charge >= 0.3 is 0 Å². The number of aliphatic imine (C=N–C) groups is 2. The van der Waals surface area contributed by atoms with Crippen molar-refractivity contribution >= 4 is 12.1 Å². The quantitative estimate of drug-likeness (QED) is 0.737. The Morgan fingerprint density at radius 1 is 1.21 bits per heavy atom. The molecule has 2 aliphatic heterocycles. The number of aryl methyl sites for hydroxylation is 1. The first-order chi connectivity index (χ1) is 13.7. The van der Waals surface area contributed by atoms with E-state index in [1.807, 2.05) is 25.1 Å². The number of rotatable bonds is 5. The van der Waals surface area contributed by atoms with Crippen LogP contribution >= 0.6 is 0 Å². The molecule has 0 saturated heterocycles. The van der Waals surface area contributed by atoms with Crippen LogP contribution in [-0.2, 0) is 6.42 Å². The van der Waals surface area contributed by atoms with Gasteiger partial charge in [-0.1, -0.05) is 50.6 Å². The molecule has 1 aliphatic carbocycles. The molecule has 3 aliphatic rings. The fourth-order valence-corrected chi connectivity index (χ4v) is 4.52. The molecular weight excluding hydrogens is 349 g/mol. The minimum atomic E-state index is -0.0397. The summed E-state index contributed by atoms with van der Waals surface area (Å²) in [5.74, 6) is 1.40. The number of fused-ring (bicyclic) bond motifs is 1. The normalized spacial score (nSPS) is 26.7. The molecule has 0 radical (unpaired) electrons. The largest absolute Gasteiger partial charge is 0.366 e. The standard InChI is InChI=1S/C24H30FN3/c1-3-7-21-20-14-17(19-10-5-8-16(4-2)23(19)25)11-12-22(20)28-24(27-21)18-9-6-13-26-15-18/h5,8,10,12,14-15,17-18,21H,3-4,6-7,9,11,13H2,1-2H3,(H,27,28). The first kappa shape index (κ1) is 19.1. The first-order valence-electron chi connectivity index (χ1n) is 10.8. The maximum absolute atomic E-state index is 14.9. The number of benzene rings is 1. The van der Waals surface area contributed by atoms with Crippen LogP contribution in [0.1, 0.15) is 63.0 Å². The Labute approximate surface area is 167 Å². The van der Waals surface area contributed by atoms with Gasteiger partial charge in [0.15, 0.2) is 0 Å². The Morgan fingerprint density at radius 3 is 2.86 bits per heavy atom. The second kappa shape index (κ2) is 8.42. The molecule has 0 fully saturated rings. The highest BCUT2D eigenvalue weighted by atomic mass is 19.1. The van der Waals surface area contributed by atoms with Gasteiger partial charge in [-0.25, -0.2) is 9.38 Å². The van der Waals surface area contributed by atoms with Gasteiger partial charge in [0.1, 0.15) is 11.7 Å². The zero-order valence-electron chi connectivity index (χ0n) is 16.9. The highest BCUT2D eigenvalue weighted by Crippen LogP contribution is 2.37. The predicted octanol–water partition coefficient (Wildman–Crippen LogP) is 5.34. The summed E-state index contributed by atoms with van der Waals surface area (Å²) >= 11 is 0. The second-order valence-corrected chi connectivity index (χ2v) is 8.01. The molecule has 1 aromatic carbocycles. The van der Waals surface area contributed by atoms with Gasteiger partial charge < -0.3 is 5.32 Å². The number of nitrogens with one attached hydrogen (secondary N) is 1. The number of allylic oxidation sites excluding steroid dienone is 2. The van der Waals surface area contributed by atoms with Crippen LogP contribution < -0.4 is 5.32 Å². The van der Waals surface area contributed by atoms with E-state index in [-0.39, 0.29) is 17.8 Å². The van der Waals surface area contributed by atoms with Crippen molar-refractivity contribution in [1.29, 1.82) is 0 Å². The van der Waals surface area contributed by atoms with Crippen LogP contribution in [-0.4, -0.2) is 24.6 Å². The van der Waals surface area contributed by atoms with Gasteiger partial charge in [-0.3, -0.25) is 4.99 Å². The van der Waals surface area contributed by atoms with Crippen LogP contribution in [0.3, 0.4) is 0 Å². The fourth-order valence-electron chi connectivity index (χ4n) is 4.52. The summed E-state index contributed by atoms with van der Waals surface area (Å²) in [7, 11) is 0. The van der Waals surface area contributed by atoms with E-state index in [0.29, 0.717) is 5.92 Å². The Bertz CT molecular complexity index is 849. The maximum atomic E-state index is 14.9. The molecule has 1 aromatic rings. The molecule has 0 amide bonds. The molecule has 0 spiro atoms. The van der Waals surface area contributed by atoms with E-state index >= 15 is 0 Å². The number of halogens is 1. The highest BCUT2D eigenvalue weighted by molar-refractivity contribution is 5.99. The van der Waals surface area contributed by atoms with Crippen LogP contribution in [0.5, 0.6) is 0 Å². The molecule has 0 aromatic heterocycles. The van der Waals surface area contributed by atoms with Crippen LogP contribution in [0.15, 0.2) is 51.6 Å². The van der Waals surface area contributed by atoms with E-state index < -0.39 is 0 Å². The van der Waals surface area contributed by atoms with Crippen molar-refractivity contribution in [3.63, 3.8) is 0 Å². The van der Waals surface area contributed by atoms with E-state index in [1.165, 1.54) is 5.57 Å². The molecule has 0 bridgehead atoms. The summed E-state index contributed by atoms with van der Waals surface area (Å²) in [6, 6.07) is 6.06. The van der Waals surface area contributed by atoms with Crippen LogP contribution in [0, 0.1) is 11.7 Å². The van der Waals surface area contributed by atoms with E-state index in [2.05, 4.69) is 35.6 Å². The number of nitrogens with zero attached hydrogens (tertiary/aromatic N) is 2. The van der Waals surface area contributed by atoms with Crippen LogP contribution in [0.25, 0.3) is 0 Å². The Hall–Kier alpha value is -2.23. The molecule has 3 atom stereocenters. The van der Waals surface area contributed by atoms with Crippen LogP contribution in [0.2, 0.25) is 0 Å². The van der Waals surface area contributed by atoms with Crippen molar-refractivity contribution in [2.45, 2.75) is 64.3 Å². The third-order valence-electron chi connectivity index (χ3n) is 6.09. The Morgan fingerprint density at radius 2 is 2.11 bits per heavy atom. The lowest BCUT2D eigenvalue weighted by Gasteiger charge is -2.34. The molecule has 1 N–H and O–H groups in total. The Balaban J connectivity index is 1.66. The number of hydrogen-bond donors (Lipinski definition) is 1. The first-order valence-corrected chi connectivity index (χ1v) is 10.8. The molecule has 3 unspecified atom stereocenters. The lowest BCUT2D eigenvalue weighted by atomic mass is 9.82. The average molecular weight is 380 g/mol. The molecular formula is C24H30FN3. The van der Waals surface area contributed by atoms with Gasteiger partial charge in [0, 0.05) is 18.7 Å². The lowest BCUT2D eigenvalue weighted by molar-refractivity contribution is 0.563. The second-order valence-electron chi connectivity index (χ2n) is 8.01. The van der Waals surface area contributed by atoms with Gasteiger partial charge in [-0.2, -0.15) is 0 Å². The van der Waals surface area contributed by atoms with Crippen molar-refractivity contribution in [3.8, 4) is 0 Å². The summed E-state index contributed by atoms with van der Waals surface area (Å²) in [6.07, 6.45) is 12.4. The summed E-state index contributed by atoms with van der Waals surface area (Å²) < 4.78 is 14.9. The highest BCUT2D eigenvalue weighted by Gasteiger charge is 2.31. The zero-order valence-corrected chi connectivity index (χ0v) is 16.9. The van der Waals surface area contributed by atoms with E-state index in [9.17, 15) is 4.39 Å². The third kappa shape index (κ3) is 3.69. The molecule has 3 nitrogen and oxygen atoms in total. The van der Waals surface area contributed by atoms with Gasteiger partial charge in [0.25, 0.3) is 0 Å². The topological polar surface area (TPSA) is 36.8 Å². The molecule has 4 heteroatoms. The SMILES string of the molecule is CCCC1NC(C2C=NCCC2)=NC2=CCC(c3cccc(CC)c3F)C=C21. The van der Waals surface area contributed by atoms with Crippen molar-refractivity contribution < 1.29 is 4.39 Å². The third-order valence-corrected chi connectivity index (χ3v) is 6.09. The molecule has 28 heavy (non-hydrogen) atoms. The summed E-state index contributed by atoms with van der Waals surface area (Å²) in [5, 5.41) is 3.69. The number of hydrogen-bond acceptors (Lipinski definition) is 3. The van der Waals surface area contributed by atoms with E-state index in [4.69, 9.17) is 4.99 Å². The van der Waals surface area contributed by atoms with Crippen molar-refractivity contribution in [2.24, 2.45) is 15.9 Å². The van der Waals surface area contributed by atoms with Crippen LogP contribution in [0.4, 0.5) is 4.39 Å². The van der Waals surface area contributed by atoms with E-state index in [0.717, 1.165) is 67.7 Å². The monoisotopic (exact) mass is 379 g/mol. The van der Waals surface area contributed by atoms with E-state index in [1.54, 1.807) is 0 Å². The molecule has 4 rings (SSSR count). The minimum Gasteiger partial charge on any atom is -0.366 e. The van der Waals surface area contributed by atoms with Crippen molar-refractivity contribution in [3.05, 3.63) is 58.6 Å². The predicted molar refractivity (Wildman–Crippen MR) is 115 cm³/mol. The maximum Gasteiger partial charge on any atom is 0.130 e. The summed E-state index contributed by atoms with van der Waals surface area (Å²) in [5.41, 5.74) is 3.92. The lowest BCUT2D eigenvalue weighted by Crippen LogP contribution is -2.45. The molecule has 148 valence electrons. The molecule has 2 heterocycles. The molecule has 0 saturated carbocycles.